The van der Waals surface area contributed by atoms with Gasteiger partial charge < -0.3 is 0 Å². The van der Waals surface area contributed by atoms with Crippen molar-refractivity contribution in [1.29, 1.82) is 0 Å². The Kier molecular flexibility index (Phi) is 4.41. The molecule has 4 rings (SSSR count). The molecule has 0 aliphatic rings. The number of hydrogen-bond acceptors (Lipinski definition) is 0. The Morgan fingerprint density at radius 2 is 1.19 bits per heavy atom. The number of imidazole rings is 1. The van der Waals surface area contributed by atoms with Crippen LogP contribution in [0.3, 0.4) is 0 Å². The molecule has 1 heterocycles. The zero-order valence-corrected chi connectivity index (χ0v) is 16.4. The zero-order valence-electron chi connectivity index (χ0n) is 16.4. The summed E-state index contributed by atoms with van der Waals surface area (Å²) >= 11 is 0. The maximum absolute atomic E-state index is 2.24. The SMILES string of the molecule is Cc1cc(C)cc(-c2ccc(-[n+]3ccn(-c4cc(C)cc(C)c4)c3)cc2)c1. The van der Waals surface area contributed by atoms with Gasteiger partial charge in [-0.15, -0.1) is 0 Å². The van der Waals surface area contributed by atoms with Crippen LogP contribution in [-0.4, -0.2) is 4.57 Å². The number of rotatable bonds is 3. The van der Waals surface area contributed by atoms with Crippen LogP contribution in [0.5, 0.6) is 0 Å². The largest absolute Gasteiger partial charge is 0.254 e. The summed E-state index contributed by atoms with van der Waals surface area (Å²) in [5.41, 5.74) is 10.0. The third-order valence-electron chi connectivity index (χ3n) is 4.86. The molecule has 27 heavy (non-hydrogen) atoms. The summed E-state index contributed by atoms with van der Waals surface area (Å²) in [6.07, 6.45) is 6.33. The maximum Gasteiger partial charge on any atom is 0.254 e. The molecule has 2 nitrogen and oxygen atoms in total. The van der Waals surface area contributed by atoms with E-state index in [2.05, 4.69) is 116 Å². The maximum atomic E-state index is 2.24. The van der Waals surface area contributed by atoms with Gasteiger partial charge in [0.15, 0.2) is 0 Å². The van der Waals surface area contributed by atoms with Crippen LogP contribution in [0.4, 0.5) is 0 Å². The number of aryl methyl sites for hydroxylation is 4. The monoisotopic (exact) mass is 353 g/mol. The fourth-order valence-electron chi connectivity index (χ4n) is 3.73. The van der Waals surface area contributed by atoms with Crippen molar-refractivity contribution in [3.63, 3.8) is 0 Å². The summed E-state index contributed by atoms with van der Waals surface area (Å²) in [6, 6.07) is 22.1. The van der Waals surface area contributed by atoms with E-state index in [1.807, 2.05) is 0 Å². The van der Waals surface area contributed by atoms with Gasteiger partial charge in [-0.3, -0.25) is 0 Å². The fourth-order valence-corrected chi connectivity index (χ4v) is 3.73. The lowest BCUT2D eigenvalue weighted by Crippen LogP contribution is -2.27. The predicted octanol–water partition coefficient (Wildman–Crippen LogP) is 5.65. The van der Waals surface area contributed by atoms with Crippen molar-refractivity contribution in [3.8, 4) is 22.5 Å². The summed E-state index contributed by atoms with van der Waals surface area (Å²) < 4.78 is 4.32. The van der Waals surface area contributed by atoms with E-state index >= 15 is 0 Å². The first-order valence-corrected chi connectivity index (χ1v) is 9.35. The average molecular weight is 353 g/mol. The molecular weight excluding hydrogens is 328 g/mol. The van der Waals surface area contributed by atoms with E-state index in [4.69, 9.17) is 0 Å². The molecule has 0 amide bonds. The van der Waals surface area contributed by atoms with Crippen LogP contribution in [-0.2, 0) is 0 Å². The standard InChI is InChI=1S/C25H25N2/c1-18-11-19(2)14-23(13-18)22-5-7-24(8-6-22)26-9-10-27(17-26)25-15-20(3)12-21(4)16-25/h5-17H,1-4H3/q+1. The first-order chi connectivity index (χ1) is 13.0. The van der Waals surface area contributed by atoms with Crippen LogP contribution in [0.2, 0.25) is 0 Å². The Balaban J connectivity index is 1.64. The molecular formula is C25H25N2+. The molecule has 0 N–H and O–H groups in total. The molecule has 0 spiro atoms. The smallest absolute Gasteiger partial charge is 0.202 e. The van der Waals surface area contributed by atoms with Crippen molar-refractivity contribution in [3.05, 3.63) is 102 Å². The lowest BCUT2D eigenvalue weighted by Gasteiger charge is -2.06. The van der Waals surface area contributed by atoms with Gasteiger partial charge in [0.05, 0.1) is 0 Å². The Morgan fingerprint density at radius 3 is 1.78 bits per heavy atom. The molecule has 0 fully saturated rings. The summed E-state index contributed by atoms with van der Waals surface area (Å²) in [6.45, 7) is 8.58. The summed E-state index contributed by atoms with van der Waals surface area (Å²) in [5.74, 6) is 0. The first-order valence-electron chi connectivity index (χ1n) is 9.35. The second kappa shape index (κ2) is 6.88. The highest BCUT2D eigenvalue weighted by Crippen LogP contribution is 2.23. The summed E-state index contributed by atoms with van der Waals surface area (Å²) in [4.78, 5) is 0. The van der Waals surface area contributed by atoms with Gasteiger partial charge in [0.25, 0.3) is 6.33 Å². The summed E-state index contributed by atoms with van der Waals surface area (Å²) in [5, 5.41) is 0. The number of aromatic nitrogens is 2. The molecule has 1 aromatic heterocycles. The molecule has 0 aliphatic heterocycles. The highest BCUT2D eigenvalue weighted by molar-refractivity contribution is 5.65. The van der Waals surface area contributed by atoms with Crippen LogP contribution < -0.4 is 4.57 Å². The van der Waals surface area contributed by atoms with Gasteiger partial charge in [-0.25, -0.2) is 9.13 Å². The van der Waals surface area contributed by atoms with E-state index < -0.39 is 0 Å². The van der Waals surface area contributed by atoms with Gasteiger partial charge in [-0.05, 0) is 74.2 Å². The molecule has 4 aromatic rings. The van der Waals surface area contributed by atoms with Crippen LogP contribution >= 0.6 is 0 Å². The lowest BCUT2D eigenvalue weighted by molar-refractivity contribution is -0.594. The molecule has 134 valence electrons. The van der Waals surface area contributed by atoms with E-state index in [9.17, 15) is 0 Å². The van der Waals surface area contributed by atoms with Gasteiger partial charge in [0.1, 0.15) is 23.8 Å². The van der Waals surface area contributed by atoms with Gasteiger partial charge in [0, 0.05) is 0 Å². The minimum atomic E-state index is 1.16. The van der Waals surface area contributed by atoms with E-state index in [1.54, 1.807) is 0 Å². The van der Waals surface area contributed by atoms with Crippen molar-refractivity contribution in [1.82, 2.24) is 4.57 Å². The lowest BCUT2D eigenvalue weighted by atomic mass is 10.0. The van der Waals surface area contributed by atoms with Crippen molar-refractivity contribution in [2.75, 3.05) is 0 Å². The predicted molar refractivity (Wildman–Crippen MR) is 112 cm³/mol. The third kappa shape index (κ3) is 3.70. The average Bonchev–Trinajstić information content (AvgIpc) is 3.10. The second-order valence-corrected chi connectivity index (χ2v) is 7.50. The molecule has 0 radical (unpaired) electrons. The number of benzene rings is 3. The van der Waals surface area contributed by atoms with E-state index in [0.717, 1.165) is 5.69 Å². The summed E-state index contributed by atoms with van der Waals surface area (Å²) in [7, 11) is 0. The normalized spacial score (nSPS) is 11.0. The number of nitrogens with zero attached hydrogens (tertiary/aromatic N) is 2. The van der Waals surface area contributed by atoms with Gasteiger partial charge in [-0.2, -0.15) is 0 Å². The Hall–Kier alpha value is -3.13. The molecule has 0 unspecified atom stereocenters. The molecule has 3 aromatic carbocycles. The molecule has 0 saturated carbocycles. The second-order valence-electron chi connectivity index (χ2n) is 7.50. The molecule has 0 aliphatic carbocycles. The Labute approximate surface area is 161 Å². The third-order valence-corrected chi connectivity index (χ3v) is 4.86. The minimum absolute atomic E-state index is 1.16. The highest BCUT2D eigenvalue weighted by Gasteiger charge is 2.10. The number of hydrogen-bond donors (Lipinski definition) is 0. The zero-order chi connectivity index (χ0) is 19.0. The molecule has 0 bridgehead atoms. The molecule has 0 saturated heterocycles. The van der Waals surface area contributed by atoms with Crippen LogP contribution in [0.15, 0.2) is 79.4 Å². The Bertz CT molecular complexity index is 1060. The van der Waals surface area contributed by atoms with Crippen molar-refractivity contribution in [2.45, 2.75) is 27.7 Å². The van der Waals surface area contributed by atoms with Gasteiger partial charge in [-0.1, -0.05) is 47.5 Å². The first kappa shape index (κ1) is 17.3. The topological polar surface area (TPSA) is 8.81 Å². The van der Waals surface area contributed by atoms with Crippen LogP contribution in [0.1, 0.15) is 22.3 Å². The van der Waals surface area contributed by atoms with Gasteiger partial charge in [0.2, 0.25) is 0 Å². The Morgan fingerprint density at radius 1 is 0.630 bits per heavy atom. The minimum Gasteiger partial charge on any atom is -0.202 e. The molecule has 2 heteroatoms. The van der Waals surface area contributed by atoms with Crippen molar-refractivity contribution in [2.24, 2.45) is 0 Å². The molecule has 0 atom stereocenters. The highest BCUT2D eigenvalue weighted by atomic mass is 15.1. The van der Waals surface area contributed by atoms with Gasteiger partial charge >= 0.3 is 0 Å². The van der Waals surface area contributed by atoms with E-state index in [1.165, 1.54) is 39.1 Å². The quantitative estimate of drug-likeness (QED) is 0.421. The van der Waals surface area contributed by atoms with Crippen molar-refractivity contribution < 1.29 is 4.57 Å². The van der Waals surface area contributed by atoms with Crippen LogP contribution in [0.25, 0.3) is 22.5 Å². The van der Waals surface area contributed by atoms with Crippen LogP contribution in [0, 0.1) is 27.7 Å². The van der Waals surface area contributed by atoms with Crippen molar-refractivity contribution >= 4 is 0 Å². The van der Waals surface area contributed by atoms with E-state index in [0.29, 0.717) is 0 Å². The van der Waals surface area contributed by atoms with E-state index in [-0.39, 0.29) is 0 Å². The fraction of sp³-hybridized carbons (Fsp3) is 0.160.